The van der Waals surface area contributed by atoms with Crippen LogP contribution in [0.3, 0.4) is 0 Å². The molecule has 3 aromatic rings. The van der Waals surface area contributed by atoms with Gasteiger partial charge in [0.1, 0.15) is 6.54 Å². The highest BCUT2D eigenvalue weighted by Crippen LogP contribution is 2.18. The number of nitrogens with zero attached hydrogens (tertiary/aromatic N) is 2. The first-order valence-corrected chi connectivity index (χ1v) is 8.51. The average Bonchev–Trinajstić information content (AvgIpc) is 2.56. The molecular weight excluding hydrogens is 350 g/mol. The number of carbonyl (C=O) groups is 1. The Morgan fingerprint density at radius 2 is 1.69 bits per heavy atom. The van der Waals surface area contributed by atoms with Crippen molar-refractivity contribution in [2.45, 2.75) is 20.4 Å². The molecule has 0 fully saturated rings. The maximum Gasteiger partial charge on any atom is 0.267 e. The Morgan fingerprint density at radius 3 is 2.35 bits per heavy atom. The number of benzene rings is 2. The predicted molar refractivity (Wildman–Crippen MR) is 103 cm³/mol. The van der Waals surface area contributed by atoms with Crippen LogP contribution in [0.1, 0.15) is 11.1 Å². The summed E-state index contributed by atoms with van der Waals surface area (Å²) in [4.78, 5) is 24.4. The van der Waals surface area contributed by atoms with Gasteiger partial charge in [0.25, 0.3) is 5.56 Å². The van der Waals surface area contributed by atoms with Crippen LogP contribution in [0.15, 0.2) is 59.4 Å². The lowest BCUT2D eigenvalue weighted by molar-refractivity contribution is -0.117. The lowest BCUT2D eigenvalue weighted by Gasteiger charge is -2.09. The average molecular weight is 368 g/mol. The van der Waals surface area contributed by atoms with Gasteiger partial charge in [0.2, 0.25) is 5.91 Å². The van der Waals surface area contributed by atoms with Crippen molar-refractivity contribution in [1.29, 1.82) is 0 Å². The molecule has 0 atom stereocenters. The van der Waals surface area contributed by atoms with Gasteiger partial charge in [-0.3, -0.25) is 9.59 Å². The van der Waals surface area contributed by atoms with E-state index in [1.165, 1.54) is 6.07 Å². The van der Waals surface area contributed by atoms with Gasteiger partial charge in [-0.05, 0) is 55.3 Å². The molecule has 0 aliphatic rings. The Balaban J connectivity index is 1.80. The number of rotatable bonds is 4. The van der Waals surface area contributed by atoms with Crippen LogP contribution in [0.2, 0.25) is 5.02 Å². The highest BCUT2D eigenvalue weighted by atomic mass is 35.5. The van der Waals surface area contributed by atoms with E-state index in [1.54, 1.807) is 18.2 Å². The van der Waals surface area contributed by atoms with Crippen molar-refractivity contribution in [3.05, 3.63) is 81.1 Å². The lowest BCUT2D eigenvalue weighted by Crippen LogP contribution is -2.29. The summed E-state index contributed by atoms with van der Waals surface area (Å²) in [5.74, 6) is -0.308. The molecule has 5 nitrogen and oxygen atoms in total. The number of hydrogen-bond donors (Lipinski definition) is 1. The fraction of sp³-hybridized carbons (Fsp3) is 0.150. The molecule has 0 aliphatic heterocycles. The summed E-state index contributed by atoms with van der Waals surface area (Å²) in [6.45, 7) is 3.77. The number of nitrogens with one attached hydrogen (secondary N) is 1. The second-order valence-corrected chi connectivity index (χ2v) is 6.58. The SMILES string of the molecule is Cc1cc(C)cc(NC(=O)Cn2nc(-c3ccc(Cl)cc3)ccc2=O)c1. The molecular formula is C20H18ClN3O2. The first-order chi connectivity index (χ1) is 12.4. The molecule has 0 saturated carbocycles. The van der Waals surface area contributed by atoms with E-state index in [0.717, 1.165) is 21.4 Å². The van der Waals surface area contributed by atoms with Crippen molar-refractivity contribution < 1.29 is 4.79 Å². The standard InChI is InChI=1S/C20H18ClN3O2/c1-13-9-14(2)11-17(10-13)22-19(25)12-24-20(26)8-7-18(23-24)15-3-5-16(21)6-4-15/h3-11H,12H2,1-2H3,(H,22,25). The lowest BCUT2D eigenvalue weighted by atomic mass is 10.1. The summed E-state index contributed by atoms with van der Waals surface area (Å²) in [7, 11) is 0. The van der Waals surface area contributed by atoms with Crippen LogP contribution in [-0.2, 0) is 11.3 Å². The van der Waals surface area contributed by atoms with Crippen molar-refractivity contribution in [2.24, 2.45) is 0 Å². The van der Waals surface area contributed by atoms with E-state index in [2.05, 4.69) is 10.4 Å². The van der Waals surface area contributed by atoms with Crippen LogP contribution in [-0.4, -0.2) is 15.7 Å². The fourth-order valence-electron chi connectivity index (χ4n) is 2.72. The molecule has 3 rings (SSSR count). The van der Waals surface area contributed by atoms with Gasteiger partial charge in [-0.15, -0.1) is 0 Å². The summed E-state index contributed by atoms with van der Waals surface area (Å²) in [5.41, 5.74) is 3.90. The molecule has 0 radical (unpaired) electrons. The molecule has 0 unspecified atom stereocenters. The minimum absolute atomic E-state index is 0.159. The van der Waals surface area contributed by atoms with Gasteiger partial charge in [-0.2, -0.15) is 5.10 Å². The molecule has 0 bridgehead atoms. The van der Waals surface area contributed by atoms with Gasteiger partial charge in [-0.1, -0.05) is 29.8 Å². The third-order valence-electron chi connectivity index (χ3n) is 3.81. The summed E-state index contributed by atoms with van der Waals surface area (Å²) in [6, 6.07) is 15.9. The molecule has 1 amide bonds. The summed E-state index contributed by atoms with van der Waals surface area (Å²) >= 11 is 5.90. The fourth-order valence-corrected chi connectivity index (χ4v) is 2.85. The quantitative estimate of drug-likeness (QED) is 0.762. The molecule has 26 heavy (non-hydrogen) atoms. The van der Waals surface area contributed by atoms with Crippen molar-refractivity contribution >= 4 is 23.2 Å². The number of aryl methyl sites for hydroxylation is 2. The zero-order valence-electron chi connectivity index (χ0n) is 14.5. The second-order valence-electron chi connectivity index (χ2n) is 6.15. The monoisotopic (exact) mass is 367 g/mol. The molecule has 1 aromatic heterocycles. The second kappa shape index (κ2) is 7.54. The molecule has 1 N–H and O–H groups in total. The largest absolute Gasteiger partial charge is 0.324 e. The number of hydrogen-bond acceptors (Lipinski definition) is 3. The maximum atomic E-state index is 12.3. The Kier molecular flexibility index (Phi) is 5.19. The van der Waals surface area contributed by atoms with E-state index in [1.807, 2.05) is 44.2 Å². The minimum atomic E-state index is -0.335. The molecule has 132 valence electrons. The Bertz CT molecular complexity index is 990. The summed E-state index contributed by atoms with van der Waals surface area (Å²) < 4.78 is 1.15. The van der Waals surface area contributed by atoms with Gasteiger partial charge in [0.05, 0.1) is 5.69 Å². The highest BCUT2D eigenvalue weighted by Gasteiger charge is 2.09. The van der Waals surface area contributed by atoms with Gasteiger partial charge in [0.15, 0.2) is 0 Å². The minimum Gasteiger partial charge on any atom is -0.324 e. The smallest absolute Gasteiger partial charge is 0.267 e. The third-order valence-corrected chi connectivity index (χ3v) is 4.06. The van der Waals surface area contributed by atoms with E-state index in [-0.39, 0.29) is 18.0 Å². The van der Waals surface area contributed by atoms with Crippen LogP contribution in [0, 0.1) is 13.8 Å². The molecule has 1 heterocycles. The van der Waals surface area contributed by atoms with Crippen molar-refractivity contribution in [3.63, 3.8) is 0 Å². The van der Waals surface area contributed by atoms with Gasteiger partial charge in [-0.25, -0.2) is 4.68 Å². The first-order valence-electron chi connectivity index (χ1n) is 8.13. The van der Waals surface area contributed by atoms with Crippen molar-refractivity contribution in [3.8, 4) is 11.3 Å². The Morgan fingerprint density at radius 1 is 1.04 bits per heavy atom. The van der Waals surface area contributed by atoms with E-state index in [9.17, 15) is 9.59 Å². The highest BCUT2D eigenvalue weighted by molar-refractivity contribution is 6.30. The third kappa shape index (κ3) is 4.37. The number of halogens is 1. The van der Waals surface area contributed by atoms with Crippen molar-refractivity contribution in [1.82, 2.24) is 9.78 Å². The molecule has 2 aromatic carbocycles. The van der Waals surface area contributed by atoms with Crippen LogP contribution in [0.4, 0.5) is 5.69 Å². The van der Waals surface area contributed by atoms with Crippen LogP contribution >= 0.6 is 11.6 Å². The number of amides is 1. The van der Waals surface area contributed by atoms with Crippen LogP contribution in [0.5, 0.6) is 0 Å². The van der Waals surface area contributed by atoms with E-state index < -0.39 is 0 Å². The molecule has 0 saturated heterocycles. The van der Waals surface area contributed by atoms with Crippen molar-refractivity contribution in [2.75, 3.05) is 5.32 Å². The van der Waals surface area contributed by atoms with E-state index in [0.29, 0.717) is 16.4 Å². The molecule has 6 heteroatoms. The predicted octanol–water partition coefficient (Wildman–Crippen LogP) is 3.82. The Labute approximate surface area is 156 Å². The van der Waals surface area contributed by atoms with Gasteiger partial charge in [0, 0.05) is 22.3 Å². The molecule has 0 spiro atoms. The summed E-state index contributed by atoms with van der Waals surface area (Å²) in [6.07, 6.45) is 0. The van der Waals surface area contributed by atoms with Crippen LogP contribution in [0.25, 0.3) is 11.3 Å². The maximum absolute atomic E-state index is 12.3. The van der Waals surface area contributed by atoms with Gasteiger partial charge < -0.3 is 5.32 Å². The number of anilines is 1. The number of aromatic nitrogens is 2. The summed E-state index contributed by atoms with van der Waals surface area (Å²) in [5, 5.41) is 7.72. The Hall–Kier alpha value is -2.92. The zero-order chi connectivity index (χ0) is 18.7. The molecule has 0 aliphatic carbocycles. The van der Waals surface area contributed by atoms with E-state index >= 15 is 0 Å². The van der Waals surface area contributed by atoms with E-state index in [4.69, 9.17) is 11.6 Å². The van der Waals surface area contributed by atoms with Gasteiger partial charge >= 0.3 is 0 Å². The topological polar surface area (TPSA) is 64.0 Å². The zero-order valence-corrected chi connectivity index (χ0v) is 15.2. The van der Waals surface area contributed by atoms with Crippen LogP contribution < -0.4 is 10.9 Å². The number of carbonyl (C=O) groups excluding carboxylic acids is 1. The normalized spacial score (nSPS) is 10.6. The first kappa shape index (κ1) is 17.9.